The zero-order chi connectivity index (χ0) is 20.8. The maximum Gasteiger partial charge on any atom is 0.227 e. The fourth-order valence-corrected chi connectivity index (χ4v) is 4.24. The summed E-state index contributed by atoms with van der Waals surface area (Å²) in [6.45, 7) is 8.91. The van der Waals surface area contributed by atoms with E-state index in [2.05, 4.69) is 60.4 Å². The number of hydrogen-bond acceptors (Lipinski definition) is 3. The molecule has 0 atom stereocenters. The molecule has 0 aliphatic rings. The summed E-state index contributed by atoms with van der Waals surface area (Å²) in [6, 6.07) is 17.6. The molecular formula is C26H24IrN3O-. The Morgan fingerprint density at radius 1 is 0.935 bits per heavy atom. The Bertz CT molecular complexity index is 1350. The van der Waals surface area contributed by atoms with Crippen molar-refractivity contribution in [3.05, 3.63) is 78.2 Å². The molecule has 0 spiro atoms. The molecule has 3 heterocycles. The van der Waals surface area contributed by atoms with Crippen LogP contribution in [0.1, 0.15) is 50.7 Å². The van der Waals surface area contributed by atoms with Gasteiger partial charge in [0.05, 0.1) is 5.82 Å². The Morgan fingerprint density at radius 3 is 2.48 bits per heavy atom. The van der Waals surface area contributed by atoms with Gasteiger partial charge in [0, 0.05) is 60.7 Å². The summed E-state index contributed by atoms with van der Waals surface area (Å²) >= 11 is 0. The molecule has 159 valence electrons. The zero-order valence-electron chi connectivity index (χ0n) is 18.0. The van der Waals surface area contributed by atoms with E-state index in [1.807, 2.05) is 42.7 Å². The summed E-state index contributed by atoms with van der Waals surface area (Å²) in [6.07, 6.45) is 5.67. The van der Waals surface area contributed by atoms with Crippen molar-refractivity contribution in [1.82, 2.24) is 14.5 Å². The van der Waals surface area contributed by atoms with Crippen molar-refractivity contribution in [2.45, 2.75) is 39.5 Å². The van der Waals surface area contributed by atoms with Crippen LogP contribution in [0.5, 0.6) is 0 Å². The van der Waals surface area contributed by atoms with Gasteiger partial charge in [0.15, 0.2) is 0 Å². The second kappa shape index (κ2) is 8.41. The summed E-state index contributed by atoms with van der Waals surface area (Å²) in [7, 11) is 0. The fraction of sp³-hybridized carbons (Fsp3) is 0.231. The number of pyridine rings is 1. The molecule has 5 rings (SSSR count). The van der Waals surface area contributed by atoms with Crippen LogP contribution in [0, 0.1) is 6.07 Å². The first-order valence-electron chi connectivity index (χ1n) is 10.4. The largest absolute Gasteiger partial charge is 0.437 e. The number of hydrogen-bond donors (Lipinski definition) is 0. The second-order valence-corrected chi connectivity index (χ2v) is 8.27. The van der Waals surface area contributed by atoms with Gasteiger partial charge >= 0.3 is 0 Å². The van der Waals surface area contributed by atoms with E-state index >= 15 is 0 Å². The van der Waals surface area contributed by atoms with Crippen molar-refractivity contribution in [1.29, 1.82) is 0 Å². The van der Waals surface area contributed by atoms with E-state index in [4.69, 9.17) is 4.42 Å². The molecular weight excluding hydrogens is 563 g/mol. The van der Waals surface area contributed by atoms with Crippen molar-refractivity contribution >= 4 is 22.1 Å². The van der Waals surface area contributed by atoms with Gasteiger partial charge in [-0.15, -0.1) is 35.9 Å². The van der Waals surface area contributed by atoms with Crippen molar-refractivity contribution in [3.8, 4) is 17.1 Å². The number of rotatable bonds is 4. The zero-order valence-corrected chi connectivity index (χ0v) is 20.4. The van der Waals surface area contributed by atoms with Crippen molar-refractivity contribution in [2.75, 3.05) is 0 Å². The topological polar surface area (TPSA) is 43.9 Å². The van der Waals surface area contributed by atoms with Gasteiger partial charge < -0.3 is 8.98 Å². The van der Waals surface area contributed by atoms with E-state index in [-0.39, 0.29) is 26.0 Å². The van der Waals surface area contributed by atoms with Crippen LogP contribution in [0.3, 0.4) is 0 Å². The Morgan fingerprint density at radius 2 is 1.77 bits per heavy atom. The predicted molar refractivity (Wildman–Crippen MR) is 121 cm³/mol. The maximum atomic E-state index is 6.31. The molecule has 0 unspecified atom stereocenters. The minimum atomic E-state index is 0. The summed E-state index contributed by atoms with van der Waals surface area (Å²) in [5, 5.41) is 2.19. The minimum absolute atomic E-state index is 0. The van der Waals surface area contributed by atoms with E-state index in [0.717, 1.165) is 33.4 Å². The molecule has 0 aliphatic heterocycles. The van der Waals surface area contributed by atoms with Gasteiger partial charge in [-0.3, -0.25) is 4.98 Å². The predicted octanol–water partition coefficient (Wildman–Crippen LogP) is 6.88. The van der Waals surface area contributed by atoms with Crippen molar-refractivity contribution < 1.29 is 24.5 Å². The Kier molecular flexibility index (Phi) is 5.83. The molecule has 0 saturated heterocycles. The number of furan rings is 1. The molecule has 1 radical (unpaired) electrons. The molecule has 0 amide bonds. The van der Waals surface area contributed by atoms with Crippen molar-refractivity contribution in [3.63, 3.8) is 0 Å². The summed E-state index contributed by atoms with van der Waals surface area (Å²) in [4.78, 5) is 9.14. The Labute approximate surface area is 195 Å². The van der Waals surface area contributed by atoms with Crippen LogP contribution in [0.15, 0.2) is 65.5 Å². The number of fused-ring (bicyclic) bond motifs is 3. The third-order valence-electron chi connectivity index (χ3n) is 5.61. The first-order chi connectivity index (χ1) is 14.6. The first-order valence-corrected chi connectivity index (χ1v) is 10.4. The molecule has 2 aromatic carbocycles. The van der Waals surface area contributed by atoms with Crippen LogP contribution >= 0.6 is 0 Å². The summed E-state index contributed by atoms with van der Waals surface area (Å²) < 4.78 is 8.50. The van der Waals surface area contributed by atoms with E-state index in [1.165, 1.54) is 11.1 Å². The average molecular weight is 587 g/mol. The van der Waals surface area contributed by atoms with Crippen LogP contribution in [0.2, 0.25) is 0 Å². The number of nitrogens with zero attached hydrogens (tertiary/aromatic N) is 3. The maximum absolute atomic E-state index is 6.31. The molecule has 0 aliphatic carbocycles. The minimum Gasteiger partial charge on any atom is -0.437 e. The molecule has 4 nitrogen and oxygen atoms in total. The molecule has 5 aromatic rings. The van der Waals surface area contributed by atoms with Gasteiger partial charge in [0.25, 0.3) is 0 Å². The van der Waals surface area contributed by atoms with Crippen LogP contribution in [0.25, 0.3) is 39.1 Å². The molecule has 0 bridgehead atoms. The Hall–Kier alpha value is -2.75. The standard InChI is InChI=1S/C26H24N3O.Ir/c1-16(2)20-15-21-19-11-8-12-28-26(19)30-24(21)22(17(3)4)23(20)29-14-13-27-25(29)18-9-6-5-7-10-18;/h5-9,11-17H,1-4H3;/q-1;. The summed E-state index contributed by atoms with van der Waals surface area (Å²) in [5.74, 6) is 1.48. The van der Waals surface area contributed by atoms with Crippen LogP contribution in [-0.2, 0) is 20.1 Å². The Balaban J connectivity index is 0.00000231. The van der Waals surface area contributed by atoms with Crippen LogP contribution in [0.4, 0.5) is 0 Å². The average Bonchev–Trinajstić information content (AvgIpc) is 3.37. The fourth-order valence-electron chi connectivity index (χ4n) is 4.24. The summed E-state index contributed by atoms with van der Waals surface area (Å²) in [5.41, 5.74) is 6.17. The molecule has 0 fully saturated rings. The van der Waals surface area contributed by atoms with Gasteiger partial charge in [-0.25, -0.2) is 4.98 Å². The normalized spacial score (nSPS) is 11.5. The van der Waals surface area contributed by atoms with E-state index in [0.29, 0.717) is 11.6 Å². The van der Waals surface area contributed by atoms with Gasteiger partial charge in [-0.2, -0.15) is 0 Å². The van der Waals surface area contributed by atoms with Gasteiger partial charge in [0.2, 0.25) is 5.71 Å². The van der Waals surface area contributed by atoms with Gasteiger partial charge in [0.1, 0.15) is 5.58 Å². The quantitative estimate of drug-likeness (QED) is 0.216. The smallest absolute Gasteiger partial charge is 0.227 e. The molecule has 0 N–H and O–H groups in total. The van der Waals surface area contributed by atoms with Gasteiger partial charge in [-0.1, -0.05) is 27.7 Å². The number of benzene rings is 2. The third kappa shape index (κ3) is 3.52. The SMILES string of the molecule is CC(C)c1cc2c(oc3ncccc32)c(C(C)C)c1-n1ccnc1-c1[c-]cccc1.[Ir]. The van der Waals surface area contributed by atoms with E-state index < -0.39 is 0 Å². The number of aromatic nitrogens is 3. The van der Waals surface area contributed by atoms with Crippen LogP contribution < -0.4 is 0 Å². The van der Waals surface area contributed by atoms with Crippen LogP contribution in [-0.4, -0.2) is 14.5 Å². The molecule has 3 aromatic heterocycles. The van der Waals surface area contributed by atoms with Crippen molar-refractivity contribution in [2.24, 2.45) is 0 Å². The van der Waals surface area contributed by atoms with Gasteiger partial charge in [-0.05, 0) is 35.6 Å². The molecule has 5 heteroatoms. The van der Waals surface area contributed by atoms with E-state index in [1.54, 1.807) is 6.20 Å². The molecule has 31 heavy (non-hydrogen) atoms. The number of imidazole rings is 1. The van der Waals surface area contributed by atoms with E-state index in [9.17, 15) is 0 Å². The molecule has 0 saturated carbocycles. The first kappa shape index (κ1) is 21.5. The third-order valence-corrected chi connectivity index (χ3v) is 5.61. The monoisotopic (exact) mass is 587 g/mol. The second-order valence-electron chi connectivity index (χ2n) is 8.27.